The van der Waals surface area contributed by atoms with Crippen molar-refractivity contribution >= 4 is 5.91 Å². The molecule has 0 aliphatic carbocycles. The molecule has 1 aromatic carbocycles. The van der Waals surface area contributed by atoms with Gasteiger partial charge in [0, 0.05) is 18.7 Å². The van der Waals surface area contributed by atoms with E-state index in [0.29, 0.717) is 5.56 Å². The minimum Gasteiger partial charge on any atom is -0.390 e. The van der Waals surface area contributed by atoms with E-state index in [1.807, 2.05) is 26.0 Å². The first-order valence-corrected chi connectivity index (χ1v) is 7.21. The van der Waals surface area contributed by atoms with E-state index in [4.69, 9.17) is 5.73 Å². The smallest absolute Gasteiger partial charge is 0.248 e. The molecule has 0 bridgehead atoms. The fraction of sp³-hybridized carbons (Fsp3) is 0.562. The molecule has 2 rings (SSSR count). The highest BCUT2D eigenvalue weighted by Gasteiger charge is 2.25. The highest BCUT2D eigenvalue weighted by atomic mass is 16.3. The van der Waals surface area contributed by atoms with Gasteiger partial charge in [-0.1, -0.05) is 6.07 Å². The first-order valence-electron chi connectivity index (χ1n) is 7.21. The third-order valence-electron chi connectivity index (χ3n) is 4.18. The summed E-state index contributed by atoms with van der Waals surface area (Å²) in [6, 6.07) is 5.63. The molecule has 0 spiro atoms. The third-order valence-corrected chi connectivity index (χ3v) is 4.18. The Labute approximate surface area is 120 Å². The van der Waals surface area contributed by atoms with Crippen LogP contribution in [0.2, 0.25) is 0 Å². The Morgan fingerprint density at radius 2 is 2.15 bits per heavy atom. The maximum atomic E-state index is 11.2. The van der Waals surface area contributed by atoms with Crippen LogP contribution in [0.4, 0.5) is 0 Å². The zero-order valence-electron chi connectivity index (χ0n) is 12.4. The van der Waals surface area contributed by atoms with Crippen LogP contribution in [0.25, 0.3) is 0 Å². The van der Waals surface area contributed by atoms with E-state index in [0.717, 1.165) is 44.5 Å². The fourth-order valence-corrected chi connectivity index (χ4v) is 2.74. The minimum absolute atomic E-state index is 0.384. The van der Waals surface area contributed by atoms with E-state index in [1.54, 1.807) is 6.07 Å². The predicted molar refractivity (Wildman–Crippen MR) is 79.4 cm³/mol. The lowest BCUT2D eigenvalue weighted by molar-refractivity contribution is 0.0444. The molecule has 4 nitrogen and oxygen atoms in total. The monoisotopic (exact) mass is 276 g/mol. The molecule has 1 unspecified atom stereocenters. The van der Waals surface area contributed by atoms with Gasteiger partial charge >= 0.3 is 0 Å². The van der Waals surface area contributed by atoms with Gasteiger partial charge in [0.25, 0.3) is 0 Å². The van der Waals surface area contributed by atoms with Gasteiger partial charge in [-0.15, -0.1) is 0 Å². The number of nitrogens with two attached hydrogens (primary N) is 1. The third kappa shape index (κ3) is 3.81. The van der Waals surface area contributed by atoms with Crippen molar-refractivity contribution in [1.82, 2.24) is 4.90 Å². The zero-order chi connectivity index (χ0) is 14.8. The van der Waals surface area contributed by atoms with Crippen molar-refractivity contribution in [3.05, 3.63) is 34.9 Å². The highest BCUT2D eigenvalue weighted by Crippen LogP contribution is 2.23. The Morgan fingerprint density at radius 3 is 2.80 bits per heavy atom. The lowest BCUT2D eigenvalue weighted by atomic mass is 9.98. The van der Waals surface area contributed by atoms with E-state index in [9.17, 15) is 9.90 Å². The second-order valence-corrected chi connectivity index (χ2v) is 6.13. The number of aliphatic hydroxyl groups is 1. The molecule has 1 saturated heterocycles. The molecule has 1 heterocycles. The number of nitrogens with zero attached hydrogens (tertiary/aromatic N) is 1. The molecule has 0 saturated carbocycles. The zero-order valence-corrected chi connectivity index (χ0v) is 12.4. The van der Waals surface area contributed by atoms with Crippen LogP contribution >= 0.6 is 0 Å². The van der Waals surface area contributed by atoms with E-state index < -0.39 is 5.60 Å². The first kappa shape index (κ1) is 15.0. The maximum absolute atomic E-state index is 11.2. The Balaban J connectivity index is 2.05. The van der Waals surface area contributed by atoms with Crippen molar-refractivity contribution in [1.29, 1.82) is 0 Å². The minimum atomic E-state index is -0.528. The lowest BCUT2D eigenvalue weighted by Gasteiger charge is -2.23. The van der Waals surface area contributed by atoms with Crippen molar-refractivity contribution < 1.29 is 9.90 Å². The molecule has 3 N–H and O–H groups in total. The van der Waals surface area contributed by atoms with Gasteiger partial charge in [0.1, 0.15) is 0 Å². The van der Waals surface area contributed by atoms with E-state index >= 15 is 0 Å². The molecule has 1 atom stereocenters. The number of amides is 1. The van der Waals surface area contributed by atoms with Crippen molar-refractivity contribution in [2.45, 2.75) is 45.3 Å². The van der Waals surface area contributed by atoms with Crippen LogP contribution < -0.4 is 5.73 Å². The Bertz CT molecular complexity index is 497. The number of carbonyl (C=O) groups is 1. The van der Waals surface area contributed by atoms with Gasteiger partial charge in [-0.3, -0.25) is 9.69 Å². The van der Waals surface area contributed by atoms with Gasteiger partial charge in [-0.2, -0.15) is 0 Å². The summed E-state index contributed by atoms with van der Waals surface area (Å²) in [5.41, 5.74) is 7.64. The Hall–Kier alpha value is -1.39. The number of benzene rings is 1. The van der Waals surface area contributed by atoms with Crippen LogP contribution in [0, 0.1) is 6.92 Å². The van der Waals surface area contributed by atoms with Crippen molar-refractivity contribution in [2.75, 3.05) is 13.1 Å². The quantitative estimate of drug-likeness (QED) is 0.885. The molecule has 4 heteroatoms. The van der Waals surface area contributed by atoms with E-state index in [2.05, 4.69) is 4.90 Å². The van der Waals surface area contributed by atoms with Gasteiger partial charge in [0.15, 0.2) is 0 Å². The normalized spacial score (nSPS) is 24.4. The van der Waals surface area contributed by atoms with Crippen molar-refractivity contribution in [3.63, 3.8) is 0 Å². The summed E-state index contributed by atoms with van der Waals surface area (Å²) in [4.78, 5) is 13.5. The Morgan fingerprint density at radius 1 is 1.40 bits per heavy atom. The van der Waals surface area contributed by atoms with E-state index in [-0.39, 0.29) is 5.91 Å². The van der Waals surface area contributed by atoms with Gasteiger partial charge in [-0.05, 0) is 62.9 Å². The summed E-state index contributed by atoms with van der Waals surface area (Å²) in [6.45, 7) is 6.71. The maximum Gasteiger partial charge on any atom is 0.248 e. The largest absolute Gasteiger partial charge is 0.390 e. The summed E-state index contributed by atoms with van der Waals surface area (Å²) < 4.78 is 0. The molecule has 1 fully saturated rings. The molecule has 0 aromatic heterocycles. The predicted octanol–water partition coefficient (Wildman–Crippen LogP) is 1.83. The average molecular weight is 276 g/mol. The van der Waals surface area contributed by atoms with Crippen LogP contribution in [-0.4, -0.2) is 34.6 Å². The van der Waals surface area contributed by atoms with Crippen LogP contribution in [0.5, 0.6) is 0 Å². The molecular weight excluding hydrogens is 252 g/mol. The lowest BCUT2D eigenvalue weighted by Crippen LogP contribution is -2.28. The number of hydrogen-bond donors (Lipinski definition) is 2. The van der Waals surface area contributed by atoms with Crippen LogP contribution in [0.1, 0.15) is 47.7 Å². The van der Waals surface area contributed by atoms with Crippen LogP contribution in [-0.2, 0) is 6.54 Å². The van der Waals surface area contributed by atoms with Crippen LogP contribution in [0.15, 0.2) is 18.2 Å². The fourth-order valence-electron chi connectivity index (χ4n) is 2.74. The molecule has 1 aliphatic heterocycles. The van der Waals surface area contributed by atoms with Gasteiger partial charge in [-0.25, -0.2) is 0 Å². The number of primary amides is 1. The molecule has 20 heavy (non-hydrogen) atoms. The molecule has 1 amide bonds. The molecule has 1 aromatic rings. The molecule has 0 radical (unpaired) electrons. The highest BCUT2D eigenvalue weighted by molar-refractivity contribution is 5.93. The summed E-state index contributed by atoms with van der Waals surface area (Å²) >= 11 is 0. The second-order valence-electron chi connectivity index (χ2n) is 6.13. The standard InChI is InChI=1S/C16H24N2O2/c1-12-10-13(15(17)19)4-5-14(12)11-18-8-3-6-16(2,20)7-9-18/h4-5,10,20H,3,6-9,11H2,1-2H3,(H2,17,19). The van der Waals surface area contributed by atoms with Gasteiger partial charge in [0.2, 0.25) is 5.91 Å². The first-order chi connectivity index (χ1) is 9.37. The number of hydrogen-bond acceptors (Lipinski definition) is 3. The number of rotatable bonds is 3. The summed E-state index contributed by atoms with van der Waals surface area (Å²) in [5, 5.41) is 10.1. The SMILES string of the molecule is Cc1cc(C(N)=O)ccc1CN1CCCC(C)(O)CC1. The van der Waals surface area contributed by atoms with Crippen molar-refractivity contribution in [3.8, 4) is 0 Å². The summed E-state index contributed by atoms with van der Waals surface area (Å²) in [5.74, 6) is -0.384. The Kier molecular flexibility index (Phi) is 4.45. The number of likely N-dealkylation sites (tertiary alicyclic amines) is 1. The van der Waals surface area contributed by atoms with Crippen molar-refractivity contribution in [2.24, 2.45) is 5.73 Å². The van der Waals surface area contributed by atoms with Gasteiger partial charge in [0.05, 0.1) is 5.60 Å². The average Bonchev–Trinajstić information content (AvgIpc) is 2.53. The molecular formula is C16H24N2O2. The van der Waals surface area contributed by atoms with E-state index in [1.165, 1.54) is 5.56 Å². The second kappa shape index (κ2) is 5.94. The summed E-state index contributed by atoms with van der Waals surface area (Å²) in [7, 11) is 0. The van der Waals surface area contributed by atoms with Crippen LogP contribution in [0.3, 0.4) is 0 Å². The van der Waals surface area contributed by atoms with Gasteiger partial charge < -0.3 is 10.8 Å². The number of carbonyl (C=O) groups excluding carboxylic acids is 1. The number of aryl methyl sites for hydroxylation is 1. The topological polar surface area (TPSA) is 66.6 Å². The molecule has 110 valence electrons. The summed E-state index contributed by atoms with van der Waals surface area (Å²) in [6.07, 6.45) is 2.69. The molecule has 1 aliphatic rings.